The molecule has 0 fully saturated rings. The van der Waals surface area contributed by atoms with Crippen LogP contribution < -0.4 is 5.43 Å². The second-order valence-corrected chi connectivity index (χ2v) is 5.46. The molecule has 0 spiro atoms. The number of nitrogens with zero attached hydrogens (tertiary/aromatic N) is 3. The standard InChI is InChI=1S/C15H16Cl2N4O2/c1-3-23-15(22)19-18-8-13-10(2)20-21(14(13)17)9-11-4-6-12(16)7-5-11/h4-8H,3,9H2,1-2H3,(H,19,22)/b18-8-. The molecule has 1 amide bonds. The van der Waals surface area contributed by atoms with E-state index in [9.17, 15) is 4.79 Å². The summed E-state index contributed by atoms with van der Waals surface area (Å²) in [6.45, 7) is 4.32. The molecule has 0 saturated carbocycles. The molecular weight excluding hydrogens is 339 g/mol. The van der Waals surface area contributed by atoms with Gasteiger partial charge in [-0.3, -0.25) is 0 Å². The maximum absolute atomic E-state index is 11.2. The molecule has 6 nitrogen and oxygen atoms in total. The molecule has 0 atom stereocenters. The monoisotopic (exact) mass is 354 g/mol. The number of aryl methyl sites for hydroxylation is 1. The maximum Gasteiger partial charge on any atom is 0.427 e. The Bertz CT molecular complexity index is 711. The van der Waals surface area contributed by atoms with Crippen LogP contribution in [0, 0.1) is 6.92 Å². The summed E-state index contributed by atoms with van der Waals surface area (Å²) in [4.78, 5) is 11.2. The predicted octanol–water partition coefficient (Wildman–Crippen LogP) is 3.63. The van der Waals surface area contributed by atoms with Crippen molar-refractivity contribution in [3.05, 3.63) is 51.3 Å². The van der Waals surface area contributed by atoms with Gasteiger partial charge in [0.05, 0.1) is 30.6 Å². The molecule has 2 rings (SSSR count). The Hall–Kier alpha value is -2.05. The molecule has 1 heterocycles. The Kier molecular flexibility index (Phi) is 6.01. The Morgan fingerprint density at radius 3 is 2.74 bits per heavy atom. The molecule has 2 aromatic rings. The van der Waals surface area contributed by atoms with Gasteiger partial charge in [0.1, 0.15) is 5.15 Å². The van der Waals surface area contributed by atoms with Gasteiger partial charge in [0.15, 0.2) is 0 Å². The Labute approximate surface area is 144 Å². The number of amides is 1. The normalized spacial score (nSPS) is 11.0. The third-order valence-corrected chi connectivity index (χ3v) is 3.63. The highest BCUT2D eigenvalue weighted by Crippen LogP contribution is 2.19. The average molecular weight is 355 g/mol. The van der Waals surface area contributed by atoms with Crippen molar-refractivity contribution in [1.82, 2.24) is 15.2 Å². The van der Waals surface area contributed by atoms with Gasteiger partial charge < -0.3 is 4.74 Å². The third kappa shape index (κ3) is 4.71. The molecule has 23 heavy (non-hydrogen) atoms. The molecule has 0 radical (unpaired) electrons. The first-order chi connectivity index (χ1) is 11.0. The van der Waals surface area contributed by atoms with Gasteiger partial charge >= 0.3 is 6.09 Å². The van der Waals surface area contributed by atoms with Gasteiger partial charge in [-0.15, -0.1) is 0 Å². The van der Waals surface area contributed by atoms with Crippen LogP contribution in [-0.2, 0) is 11.3 Å². The topological polar surface area (TPSA) is 68.5 Å². The minimum atomic E-state index is -0.619. The first-order valence-electron chi connectivity index (χ1n) is 6.94. The van der Waals surface area contributed by atoms with Gasteiger partial charge in [-0.1, -0.05) is 35.3 Å². The van der Waals surface area contributed by atoms with Crippen LogP contribution in [0.15, 0.2) is 29.4 Å². The van der Waals surface area contributed by atoms with E-state index in [2.05, 4.69) is 15.6 Å². The largest absolute Gasteiger partial charge is 0.449 e. The average Bonchev–Trinajstić information content (AvgIpc) is 2.77. The van der Waals surface area contributed by atoms with Crippen LogP contribution in [-0.4, -0.2) is 28.7 Å². The quantitative estimate of drug-likeness (QED) is 0.658. The molecule has 1 aromatic heterocycles. The van der Waals surface area contributed by atoms with Crippen molar-refractivity contribution in [3.8, 4) is 0 Å². The van der Waals surface area contributed by atoms with E-state index >= 15 is 0 Å². The van der Waals surface area contributed by atoms with Gasteiger partial charge in [-0.25, -0.2) is 14.9 Å². The summed E-state index contributed by atoms with van der Waals surface area (Å²) in [6, 6.07) is 7.44. The number of nitrogens with one attached hydrogen (secondary N) is 1. The molecule has 1 aromatic carbocycles. The van der Waals surface area contributed by atoms with Crippen molar-refractivity contribution < 1.29 is 9.53 Å². The van der Waals surface area contributed by atoms with Crippen molar-refractivity contribution in [2.24, 2.45) is 5.10 Å². The zero-order chi connectivity index (χ0) is 16.8. The Balaban J connectivity index is 2.11. The molecule has 122 valence electrons. The summed E-state index contributed by atoms with van der Waals surface area (Å²) < 4.78 is 6.36. The van der Waals surface area contributed by atoms with E-state index in [4.69, 9.17) is 27.9 Å². The van der Waals surface area contributed by atoms with E-state index in [-0.39, 0.29) is 6.61 Å². The van der Waals surface area contributed by atoms with Crippen LogP contribution >= 0.6 is 23.2 Å². The van der Waals surface area contributed by atoms with Crippen molar-refractivity contribution in [2.75, 3.05) is 6.61 Å². The van der Waals surface area contributed by atoms with Gasteiger partial charge in [0, 0.05) is 5.02 Å². The zero-order valence-corrected chi connectivity index (χ0v) is 14.2. The fraction of sp³-hybridized carbons (Fsp3) is 0.267. The van der Waals surface area contributed by atoms with Crippen LogP contribution in [0.4, 0.5) is 4.79 Å². The number of hydrazone groups is 1. The molecular formula is C15H16Cl2N4O2. The number of carbonyl (C=O) groups excluding carboxylic acids is 1. The fourth-order valence-corrected chi connectivity index (χ4v) is 2.30. The van der Waals surface area contributed by atoms with Gasteiger partial charge in [0.25, 0.3) is 0 Å². The number of hydrogen-bond acceptors (Lipinski definition) is 4. The molecule has 0 saturated heterocycles. The lowest BCUT2D eigenvalue weighted by Gasteiger charge is -2.03. The van der Waals surface area contributed by atoms with E-state index in [0.29, 0.717) is 28.0 Å². The zero-order valence-electron chi connectivity index (χ0n) is 12.7. The Morgan fingerprint density at radius 1 is 1.39 bits per heavy atom. The molecule has 8 heteroatoms. The van der Waals surface area contributed by atoms with E-state index in [1.807, 2.05) is 31.2 Å². The van der Waals surface area contributed by atoms with Crippen molar-refractivity contribution in [3.63, 3.8) is 0 Å². The second kappa shape index (κ2) is 7.99. The van der Waals surface area contributed by atoms with Crippen LogP contribution in [0.1, 0.15) is 23.7 Å². The first kappa shape index (κ1) is 17.3. The summed E-state index contributed by atoms with van der Waals surface area (Å²) in [5.74, 6) is 0. The van der Waals surface area contributed by atoms with Gasteiger partial charge in [0.2, 0.25) is 0 Å². The number of aromatic nitrogens is 2. The van der Waals surface area contributed by atoms with Crippen molar-refractivity contribution >= 4 is 35.5 Å². The highest BCUT2D eigenvalue weighted by atomic mass is 35.5. The summed E-state index contributed by atoms with van der Waals surface area (Å²) in [5.41, 5.74) is 4.61. The highest BCUT2D eigenvalue weighted by molar-refractivity contribution is 6.32. The molecule has 0 aliphatic rings. The maximum atomic E-state index is 11.2. The summed E-state index contributed by atoms with van der Waals surface area (Å²) in [7, 11) is 0. The summed E-state index contributed by atoms with van der Waals surface area (Å²) >= 11 is 12.2. The summed E-state index contributed by atoms with van der Waals surface area (Å²) in [6.07, 6.45) is 0.825. The molecule has 0 bridgehead atoms. The number of hydrogen-bond donors (Lipinski definition) is 1. The lowest BCUT2D eigenvalue weighted by molar-refractivity contribution is 0.152. The van der Waals surface area contributed by atoms with Crippen molar-refractivity contribution in [2.45, 2.75) is 20.4 Å². The van der Waals surface area contributed by atoms with E-state index < -0.39 is 6.09 Å². The van der Waals surface area contributed by atoms with Gasteiger partial charge in [-0.05, 0) is 31.5 Å². The molecule has 0 aliphatic carbocycles. The smallest absolute Gasteiger partial charge is 0.427 e. The number of rotatable bonds is 5. The first-order valence-corrected chi connectivity index (χ1v) is 7.70. The number of benzene rings is 1. The lowest BCUT2D eigenvalue weighted by atomic mass is 10.2. The Morgan fingerprint density at radius 2 is 2.09 bits per heavy atom. The highest BCUT2D eigenvalue weighted by Gasteiger charge is 2.12. The van der Waals surface area contributed by atoms with Crippen LogP contribution in [0.5, 0.6) is 0 Å². The van der Waals surface area contributed by atoms with E-state index in [0.717, 1.165) is 5.56 Å². The number of carbonyl (C=O) groups is 1. The minimum Gasteiger partial charge on any atom is -0.449 e. The van der Waals surface area contributed by atoms with Crippen LogP contribution in [0.3, 0.4) is 0 Å². The molecule has 0 unspecified atom stereocenters. The lowest BCUT2D eigenvalue weighted by Crippen LogP contribution is -2.18. The SMILES string of the molecule is CCOC(=O)N/N=C\c1c(C)nn(Cc2ccc(Cl)cc2)c1Cl. The second-order valence-electron chi connectivity index (χ2n) is 4.66. The van der Waals surface area contributed by atoms with Gasteiger partial charge in [-0.2, -0.15) is 10.2 Å². The number of halogens is 2. The molecule has 0 aliphatic heterocycles. The number of ether oxygens (including phenoxy) is 1. The van der Waals surface area contributed by atoms with Crippen LogP contribution in [0.2, 0.25) is 10.2 Å². The third-order valence-electron chi connectivity index (χ3n) is 2.98. The minimum absolute atomic E-state index is 0.278. The van der Waals surface area contributed by atoms with Crippen LogP contribution in [0.25, 0.3) is 0 Å². The van der Waals surface area contributed by atoms with E-state index in [1.165, 1.54) is 6.21 Å². The predicted molar refractivity (Wildman–Crippen MR) is 90.3 cm³/mol. The summed E-state index contributed by atoms with van der Waals surface area (Å²) in [5, 5.41) is 9.30. The fourth-order valence-electron chi connectivity index (χ4n) is 1.89. The molecule has 1 N–H and O–H groups in total. The van der Waals surface area contributed by atoms with E-state index in [1.54, 1.807) is 11.6 Å². The van der Waals surface area contributed by atoms with Crippen molar-refractivity contribution in [1.29, 1.82) is 0 Å².